The molecule has 0 radical (unpaired) electrons. The highest BCUT2D eigenvalue weighted by Crippen LogP contribution is 2.36. The van der Waals surface area contributed by atoms with E-state index in [0.29, 0.717) is 27.8 Å². The fraction of sp³-hybridized carbons (Fsp3) is 0.286. The van der Waals surface area contributed by atoms with Gasteiger partial charge < -0.3 is 19.1 Å². The Balaban J connectivity index is 1.63. The lowest BCUT2D eigenvalue weighted by atomic mass is 10.1. The van der Waals surface area contributed by atoms with Gasteiger partial charge in [-0.25, -0.2) is 0 Å². The minimum atomic E-state index is -0.660. The summed E-state index contributed by atoms with van der Waals surface area (Å²) in [6, 6.07) is 11.4. The summed E-state index contributed by atoms with van der Waals surface area (Å²) in [6.45, 7) is -0.244. The third kappa shape index (κ3) is 4.68. The van der Waals surface area contributed by atoms with Crippen molar-refractivity contribution in [3.63, 3.8) is 0 Å². The molecule has 1 aliphatic heterocycles. The molecule has 0 aliphatic carbocycles. The number of hydrogen-bond donors (Lipinski definition) is 0. The number of halogens is 1. The molecule has 0 saturated carbocycles. The highest BCUT2D eigenvalue weighted by Gasteiger charge is 2.37. The Morgan fingerprint density at radius 1 is 1.10 bits per heavy atom. The molecule has 0 unspecified atom stereocenters. The molecular weight excluding hydrogens is 398 g/mol. The predicted molar refractivity (Wildman–Crippen MR) is 107 cm³/mol. The van der Waals surface area contributed by atoms with E-state index in [1.807, 2.05) is 0 Å². The van der Waals surface area contributed by atoms with Crippen molar-refractivity contribution >= 4 is 34.9 Å². The van der Waals surface area contributed by atoms with Gasteiger partial charge in [0.25, 0.3) is 0 Å². The number of nitrogens with zero attached hydrogens (tertiary/aromatic N) is 1. The number of anilines is 1. The van der Waals surface area contributed by atoms with E-state index in [4.69, 9.17) is 25.8 Å². The van der Waals surface area contributed by atoms with Crippen molar-refractivity contribution in [3.05, 3.63) is 53.1 Å². The number of ketones is 1. The third-order valence-electron chi connectivity index (χ3n) is 4.65. The lowest BCUT2D eigenvalue weighted by molar-refractivity contribution is -0.147. The quantitative estimate of drug-likeness (QED) is 0.508. The first-order chi connectivity index (χ1) is 13.9. The van der Waals surface area contributed by atoms with Gasteiger partial charge in [0.05, 0.1) is 25.8 Å². The van der Waals surface area contributed by atoms with Gasteiger partial charge in [0.2, 0.25) is 5.91 Å². The van der Waals surface area contributed by atoms with Crippen LogP contribution in [0.1, 0.15) is 16.8 Å². The summed E-state index contributed by atoms with van der Waals surface area (Å²) in [6.07, 6.45) is 0.00313. The average Bonchev–Trinajstić information content (AvgIpc) is 3.13. The topological polar surface area (TPSA) is 82.1 Å². The molecule has 2 aromatic rings. The van der Waals surface area contributed by atoms with Crippen LogP contribution >= 0.6 is 11.6 Å². The zero-order valence-electron chi connectivity index (χ0n) is 16.0. The Labute approximate surface area is 173 Å². The molecule has 3 rings (SSSR count). The first-order valence-electron chi connectivity index (χ1n) is 8.90. The number of benzene rings is 2. The lowest BCUT2D eigenvalue weighted by Crippen LogP contribution is -2.27. The number of hydrogen-bond acceptors (Lipinski definition) is 6. The van der Waals surface area contributed by atoms with Crippen LogP contribution in [0.5, 0.6) is 11.5 Å². The van der Waals surface area contributed by atoms with Crippen molar-refractivity contribution in [1.82, 2.24) is 0 Å². The summed E-state index contributed by atoms with van der Waals surface area (Å²) in [5, 5.41) is 0.511. The molecule has 7 nitrogen and oxygen atoms in total. The van der Waals surface area contributed by atoms with Crippen molar-refractivity contribution < 1.29 is 28.6 Å². The van der Waals surface area contributed by atoms with Crippen LogP contribution in [-0.4, -0.2) is 45.0 Å². The number of methoxy groups -OCH3 is 2. The van der Waals surface area contributed by atoms with Crippen molar-refractivity contribution in [1.29, 1.82) is 0 Å². The van der Waals surface area contributed by atoms with Crippen LogP contribution in [0.2, 0.25) is 5.02 Å². The van der Waals surface area contributed by atoms with Gasteiger partial charge in [-0.1, -0.05) is 11.6 Å². The summed E-state index contributed by atoms with van der Waals surface area (Å²) >= 11 is 5.80. The largest absolute Gasteiger partial charge is 0.497 e. The van der Waals surface area contributed by atoms with Crippen LogP contribution < -0.4 is 14.4 Å². The summed E-state index contributed by atoms with van der Waals surface area (Å²) in [4.78, 5) is 38.5. The molecule has 1 aliphatic rings. The normalized spacial score (nSPS) is 15.9. The van der Waals surface area contributed by atoms with E-state index in [0.717, 1.165) is 0 Å². The number of rotatable bonds is 7. The number of Topliss-reactive ketones (excluding diaryl/α,β-unsaturated/α-hetero) is 1. The van der Waals surface area contributed by atoms with E-state index in [1.165, 1.54) is 19.1 Å². The van der Waals surface area contributed by atoms with Crippen LogP contribution in [0, 0.1) is 5.92 Å². The summed E-state index contributed by atoms with van der Waals surface area (Å²) in [5.74, 6) is -0.756. The van der Waals surface area contributed by atoms with Crippen LogP contribution in [0.25, 0.3) is 0 Å². The maximum atomic E-state index is 12.5. The Hall–Kier alpha value is -3.06. The summed E-state index contributed by atoms with van der Waals surface area (Å²) < 4.78 is 15.6. The van der Waals surface area contributed by atoms with Gasteiger partial charge >= 0.3 is 5.97 Å². The van der Waals surface area contributed by atoms with Gasteiger partial charge in [-0.15, -0.1) is 0 Å². The van der Waals surface area contributed by atoms with Gasteiger partial charge in [-0.05, 0) is 36.4 Å². The second kappa shape index (κ2) is 8.96. The average molecular weight is 418 g/mol. The van der Waals surface area contributed by atoms with Gasteiger partial charge in [0.1, 0.15) is 11.5 Å². The first kappa shape index (κ1) is 20.7. The molecule has 1 atom stereocenters. The molecule has 0 bridgehead atoms. The van der Waals surface area contributed by atoms with Crippen molar-refractivity contribution in [3.8, 4) is 11.5 Å². The lowest BCUT2D eigenvalue weighted by Gasteiger charge is -2.20. The highest BCUT2D eigenvalue weighted by molar-refractivity contribution is 6.30. The van der Waals surface area contributed by atoms with Crippen molar-refractivity contribution in [2.75, 3.05) is 32.3 Å². The van der Waals surface area contributed by atoms with Gasteiger partial charge in [0, 0.05) is 29.6 Å². The molecule has 1 heterocycles. The molecule has 8 heteroatoms. The van der Waals surface area contributed by atoms with E-state index in [1.54, 1.807) is 42.5 Å². The summed E-state index contributed by atoms with van der Waals surface area (Å²) in [7, 11) is 3.03. The smallest absolute Gasteiger partial charge is 0.311 e. The molecule has 1 fully saturated rings. The molecule has 29 heavy (non-hydrogen) atoms. The molecule has 0 N–H and O–H groups in total. The standard InChI is InChI=1S/C21H20ClNO6/c1-27-16-7-8-17(19(10-16)28-2)23-11-14(9-20(23)25)21(26)29-12-18(24)13-3-5-15(22)6-4-13/h3-8,10,14H,9,11-12H2,1-2H3/t14-/m1/s1. The number of amides is 1. The van der Waals surface area contributed by atoms with Crippen LogP contribution in [0.15, 0.2) is 42.5 Å². The molecule has 1 saturated heterocycles. The Bertz CT molecular complexity index is 927. The molecule has 0 aromatic heterocycles. The second-order valence-corrected chi connectivity index (χ2v) is 6.92. The van der Waals surface area contributed by atoms with Crippen molar-refractivity contribution in [2.45, 2.75) is 6.42 Å². The van der Waals surface area contributed by atoms with E-state index in [9.17, 15) is 14.4 Å². The van der Waals surface area contributed by atoms with E-state index in [2.05, 4.69) is 0 Å². The zero-order chi connectivity index (χ0) is 21.0. The van der Waals surface area contributed by atoms with Crippen molar-refractivity contribution in [2.24, 2.45) is 5.92 Å². The Morgan fingerprint density at radius 3 is 2.48 bits per heavy atom. The molecule has 1 amide bonds. The van der Waals surface area contributed by atoms with Crippen LogP contribution in [-0.2, 0) is 14.3 Å². The molecule has 152 valence electrons. The number of carbonyl (C=O) groups is 3. The highest BCUT2D eigenvalue weighted by atomic mass is 35.5. The molecule has 2 aromatic carbocycles. The summed E-state index contributed by atoms with van der Waals surface area (Å²) in [5.41, 5.74) is 0.945. The third-order valence-corrected chi connectivity index (χ3v) is 4.90. The Kier molecular flexibility index (Phi) is 6.39. The maximum Gasteiger partial charge on any atom is 0.311 e. The minimum absolute atomic E-state index is 0.00313. The molecule has 0 spiro atoms. The predicted octanol–water partition coefficient (Wildman–Crippen LogP) is 3.14. The fourth-order valence-electron chi connectivity index (χ4n) is 3.08. The van der Waals surface area contributed by atoms with E-state index < -0.39 is 18.5 Å². The van der Waals surface area contributed by atoms with E-state index >= 15 is 0 Å². The van der Waals surface area contributed by atoms with Crippen LogP contribution in [0.3, 0.4) is 0 Å². The monoisotopic (exact) mass is 417 g/mol. The van der Waals surface area contributed by atoms with Gasteiger partial charge in [-0.3, -0.25) is 14.4 Å². The Morgan fingerprint density at radius 2 is 1.83 bits per heavy atom. The minimum Gasteiger partial charge on any atom is -0.497 e. The van der Waals surface area contributed by atoms with Gasteiger partial charge in [0.15, 0.2) is 12.4 Å². The fourth-order valence-corrected chi connectivity index (χ4v) is 3.21. The zero-order valence-corrected chi connectivity index (χ0v) is 16.8. The first-order valence-corrected chi connectivity index (χ1v) is 9.28. The van der Waals surface area contributed by atoms with Gasteiger partial charge in [-0.2, -0.15) is 0 Å². The van der Waals surface area contributed by atoms with E-state index in [-0.39, 0.29) is 24.7 Å². The van der Waals surface area contributed by atoms with Crippen LogP contribution in [0.4, 0.5) is 5.69 Å². The number of carbonyl (C=O) groups excluding carboxylic acids is 3. The number of ether oxygens (including phenoxy) is 3. The number of esters is 1. The maximum absolute atomic E-state index is 12.5. The second-order valence-electron chi connectivity index (χ2n) is 6.48. The SMILES string of the molecule is COc1ccc(N2C[C@H](C(=O)OCC(=O)c3ccc(Cl)cc3)CC2=O)c(OC)c1. The molecular formula is C21H20ClNO6.